The van der Waals surface area contributed by atoms with Crippen LogP contribution in [-0.2, 0) is 9.53 Å². The molecule has 0 aromatic carbocycles. The van der Waals surface area contributed by atoms with Crippen LogP contribution in [0.5, 0.6) is 0 Å². The standard InChI is InChI=1S/C14H27NO3/c1-10(2)12(16)14(3,4)9-15-13(17)11-6-5-7-18-8-11/h10-12,16H,5-9H2,1-4H3,(H,15,17). The fourth-order valence-corrected chi connectivity index (χ4v) is 2.41. The molecule has 1 heterocycles. The first-order valence-corrected chi connectivity index (χ1v) is 6.88. The first-order chi connectivity index (χ1) is 8.34. The Kier molecular flexibility index (Phi) is 5.60. The Morgan fingerprint density at radius 1 is 1.50 bits per heavy atom. The molecule has 18 heavy (non-hydrogen) atoms. The summed E-state index contributed by atoms with van der Waals surface area (Å²) in [5.74, 6) is 0.222. The fourth-order valence-electron chi connectivity index (χ4n) is 2.41. The van der Waals surface area contributed by atoms with E-state index < -0.39 is 6.10 Å². The van der Waals surface area contributed by atoms with Gasteiger partial charge in [0.1, 0.15) is 0 Å². The number of carbonyl (C=O) groups is 1. The third-order valence-corrected chi connectivity index (χ3v) is 3.68. The molecule has 0 aromatic heterocycles. The van der Waals surface area contributed by atoms with E-state index in [9.17, 15) is 9.90 Å². The summed E-state index contributed by atoms with van der Waals surface area (Å²) in [6.45, 7) is 9.74. The maximum atomic E-state index is 12.0. The minimum absolute atomic E-state index is 0.0225. The molecule has 0 radical (unpaired) electrons. The second-order valence-electron chi connectivity index (χ2n) is 6.31. The van der Waals surface area contributed by atoms with Crippen molar-refractivity contribution < 1.29 is 14.6 Å². The highest BCUT2D eigenvalue weighted by Crippen LogP contribution is 2.25. The third kappa shape index (κ3) is 4.25. The molecule has 1 amide bonds. The summed E-state index contributed by atoms with van der Waals surface area (Å²) in [6, 6.07) is 0. The van der Waals surface area contributed by atoms with Crippen LogP contribution in [-0.4, -0.2) is 36.9 Å². The maximum absolute atomic E-state index is 12.0. The van der Waals surface area contributed by atoms with Crippen molar-refractivity contribution in [2.45, 2.75) is 46.6 Å². The molecule has 0 bridgehead atoms. The number of aliphatic hydroxyl groups is 1. The fraction of sp³-hybridized carbons (Fsp3) is 0.929. The van der Waals surface area contributed by atoms with Gasteiger partial charge in [-0.25, -0.2) is 0 Å². The maximum Gasteiger partial charge on any atom is 0.225 e. The lowest BCUT2D eigenvalue weighted by Crippen LogP contribution is -2.46. The predicted molar refractivity (Wildman–Crippen MR) is 71.2 cm³/mol. The summed E-state index contributed by atoms with van der Waals surface area (Å²) in [7, 11) is 0. The molecule has 1 fully saturated rings. The van der Waals surface area contributed by atoms with Gasteiger partial charge in [0.2, 0.25) is 5.91 Å². The van der Waals surface area contributed by atoms with E-state index in [1.165, 1.54) is 0 Å². The lowest BCUT2D eigenvalue weighted by Gasteiger charge is -2.34. The average molecular weight is 257 g/mol. The summed E-state index contributed by atoms with van der Waals surface area (Å²) < 4.78 is 5.31. The minimum Gasteiger partial charge on any atom is -0.392 e. The molecule has 4 heteroatoms. The van der Waals surface area contributed by atoms with Crippen LogP contribution < -0.4 is 5.32 Å². The number of rotatable bonds is 5. The Labute approximate surface area is 110 Å². The van der Waals surface area contributed by atoms with Crippen LogP contribution in [0.25, 0.3) is 0 Å². The van der Waals surface area contributed by atoms with E-state index in [0.717, 1.165) is 19.4 Å². The van der Waals surface area contributed by atoms with Crippen molar-refractivity contribution in [1.82, 2.24) is 5.32 Å². The van der Waals surface area contributed by atoms with Crippen LogP contribution in [0.2, 0.25) is 0 Å². The zero-order valence-corrected chi connectivity index (χ0v) is 12.0. The molecule has 0 aromatic rings. The Morgan fingerprint density at radius 2 is 2.17 bits per heavy atom. The molecule has 1 rings (SSSR count). The van der Waals surface area contributed by atoms with E-state index in [1.54, 1.807) is 0 Å². The largest absolute Gasteiger partial charge is 0.392 e. The zero-order valence-electron chi connectivity index (χ0n) is 12.0. The number of hydrogen-bond donors (Lipinski definition) is 2. The molecule has 0 saturated carbocycles. The van der Waals surface area contributed by atoms with Crippen molar-refractivity contribution in [1.29, 1.82) is 0 Å². The summed E-state index contributed by atoms with van der Waals surface area (Å²) in [5, 5.41) is 13.1. The van der Waals surface area contributed by atoms with Crippen molar-refractivity contribution in [2.24, 2.45) is 17.3 Å². The average Bonchev–Trinajstić information content (AvgIpc) is 2.36. The number of carbonyl (C=O) groups excluding carboxylic acids is 1. The van der Waals surface area contributed by atoms with Crippen LogP contribution in [0.3, 0.4) is 0 Å². The molecule has 1 aliphatic rings. The van der Waals surface area contributed by atoms with Crippen molar-refractivity contribution >= 4 is 5.91 Å². The summed E-state index contributed by atoms with van der Waals surface area (Å²) in [5.41, 5.74) is -0.306. The van der Waals surface area contributed by atoms with E-state index in [1.807, 2.05) is 27.7 Å². The van der Waals surface area contributed by atoms with Gasteiger partial charge in [-0.3, -0.25) is 4.79 Å². The van der Waals surface area contributed by atoms with Gasteiger partial charge < -0.3 is 15.2 Å². The first kappa shape index (κ1) is 15.4. The van der Waals surface area contributed by atoms with Crippen LogP contribution in [0.15, 0.2) is 0 Å². The lowest BCUT2D eigenvalue weighted by molar-refractivity contribution is -0.130. The quantitative estimate of drug-likeness (QED) is 0.786. The Hall–Kier alpha value is -0.610. The molecule has 2 N–H and O–H groups in total. The molecular weight excluding hydrogens is 230 g/mol. The van der Waals surface area contributed by atoms with Gasteiger partial charge in [-0.15, -0.1) is 0 Å². The van der Waals surface area contributed by atoms with Crippen molar-refractivity contribution in [3.63, 3.8) is 0 Å². The van der Waals surface area contributed by atoms with Crippen LogP contribution in [0.1, 0.15) is 40.5 Å². The Balaban J connectivity index is 2.41. The molecule has 4 nitrogen and oxygen atoms in total. The normalized spacial score (nSPS) is 22.9. The molecule has 1 saturated heterocycles. The van der Waals surface area contributed by atoms with Gasteiger partial charge in [0.25, 0.3) is 0 Å². The highest BCUT2D eigenvalue weighted by atomic mass is 16.5. The van der Waals surface area contributed by atoms with Crippen molar-refractivity contribution in [2.75, 3.05) is 19.8 Å². The summed E-state index contributed by atoms with van der Waals surface area (Å²) in [4.78, 5) is 12.0. The first-order valence-electron chi connectivity index (χ1n) is 6.88. The highest BCUT2D eigenvalue weighted by molar-refractivity contribution is 5.78. The lowest BCUT2D eigenvalue weighted by atomic mass is 9.80. The second-order valence-corrected chi connectivity index (χ2v) is 6.31. The van der Waals surface area contributed by atoms with Gasteiger partial charge in [-0.2, -0.15) is 0 Å². The second kappa shape index (κ2) is 6.53. The number of hydrogen-bond acceptors (Lipinski definition) is 3. The third-order valence-electron chi connectivity index (χ3n) is 3.68. The highest BCUT2D eigenvalue weighted by Gasteiger charge is 2.31. The number of aliphatic hydroxyl groups excluding tert-OH is 1. The minimum atomic E-state index is -0.416. The smallest absolute Gasteiger partial charge is 0.225 e. The molecule has 1 aliphatic heterocycles. The van der Waals surface area contributed by atoms with Gasteiger partial charge in [-0.05, 0) is 18.8 Å². The van der Waals surface area contributed by atoms with E-state index >= 15 is 0 Å². The van der Waals surface area contributed by atoms with E-state index in [4.69, 9.17) is 4.74 Å². The summed E-state index contributed by atoms with van der Waals surface area (Å²) in [6.07, 6.45) is 1.44. The Morgan fingerprint density at radius 3 is 2.67 bits per heavy atom. The number of amides is 1. The van der Waals surface area contributed by atoms with Crippen molar-refractivity contribution in [3.05, 3.63) is 0 Å². The van der Waals surface area contributed by atoms with Gasteiger partial charge in [0.15, 0.2) is 0 Å². The van der Waals surface area contributed by atoms with Gasteiger partial charge in [0.05, 0.1) is 18.6 Å². The topological polar surface area (TPSA) is 58.6 Å². The van der Waals surface area contributed by atoms with Crippen LogP contribution in [0.4, 0.5) is 0 Å². The molecule has 0 aliphatic carbocycles. The number of nitrogens with one attached hydrogen (secondary N) is 1. The number of ether oxygens (including phenoxy) is 1. The van der Waals surface area contributed by atoms with E-state index in [0.29, 0.717) is 13.2 Å². The van der Waals surface area contributed by atoms with Gasteiger partial charge in [0, 0.05) is 18.6 Å². The molecule has 106 valence electrons. The SMILES string of the molecule is CC(C)C(O)C(C)(C)CNC(=O)C1CCCOC1. The molecular formula is C14H27NO3. The summed E-state index contributed by atoms with van der Waals surface area (Å²) >= 11 is 0. The van der Waals surface area contributed by atoms with E-state index in [2.05, 4.69) is 5.32 Å². The Bertz CT molecular complexity index is 270. The van der Waals surface area contributed by atoms with Gasteiger partial charge in [-0.1, -0.05) is 27.7 Å². The van der Waals surface area contributed by atoms with Crippen molar-refractivity contribution in [3.8, 4) is 0 Å². The van der Waals surface area contributed by atoms with Crippen LogP contribution >= 0.6 is 0 Å². The molecule has 2 unspecified atom stereocenters. The predicted octanol–water partition coefficient (Wildman–Crippen LogP) is 1.57. The monoisotopic (exact) mass is 257 g/mol. The molecule has 2 atom stereocenters. The zero-order chi connectivity index (χ0) is 13.8. The van der Waals surface area contributed by atoms with Crippen LogP contribution in [0, 0.1) is 17.3 Å². The van der Waals surface area contributed by atoms with E-state index in [-0.39, 0.29) is 23.2 Å². The molecule has 0 spiro atoms. The van der Waals surface area contributed by atoms with Gasteiger partial charge >= 0.3 is 0 Å².